The molecule has 0 radical (unpaired) electrons. The number of halogens is 3. The monoisotopic (exact) mass is 402 g/mol. The van der Waals surface area contributed by atoms with Crippen LogP contribution in [-0.4, -0.2) is 23.5 Å². The van der Waals surface area contributed by atoms with Gasteiger partial charge in [0.1, 0.15) is 0 Å². The molecule has 1 heterocycles. The van der Waals surface area contributed by atoms with E-state index < -0.39 is 41.6 Å². The minimum absolute atomic E-state index is 0.262. The quantitative estimate of drug-likeness (QED) is 0.510. The fourth-order valence-corrected chi connectivity index (χ4v) is 2.98. The summed E-state index contributed by atoms with van der Waals surface area (Å²) >= 11 is 0. The number of hydrogen-bond donors (Lipinski definition) is 1. The molecule has 1 amide bonds. The number of benzene rings is 2. The van der Waals surface area contributed by atoms with Gasteiger partial charge in [0.15, 0.2) is 24.1 Å². The molecule has 0 spiro atoms. The van der Waals surface area contributed by atoms with Crippen molar-refractivity contribution in [2.75, 3.05) is 11.9 Å². The third-order valence-corrected chi connectivity index (χ3v) is 4.41. The molecular formula is C21H17F3N2O3. The van der Waals surface area contributed by atoms with E-state index in [9.17, 15) is 22.8 Å². The molecule has 5 nitrogen and oxygen atoms in total. The average Bonchev–Trinajstić information content (AvgIpc) is 2.72. The summed E-state index contributed by atoms with van der Waals surface area (Å²) in [5.74, 6) is -6.26. The first-order valence-electron chi connectivity index (χ1n) is 8.82. The highest BCUT2D eigenvalue weighted by Crippen LogP contribution is 2.24. The normalized spacial score (nSPS) is 10.8. The predicted octanol–water partition coefficient (Wildman–Crippen LogP) is 4.32. The number of carbonyl (C=O) groups is 2. The molecule has 0 atom stereocenters. The van der Waals surface area contributed by atoms with Gasteiger partial charge in [-0.05, 0) is 37.1 Å². The molecule has 0 bridgehead atoms. The molecular weight excluding hydrogens is 385 g/mol. The number of carbonyl (C=O) groups excluding carboxylic acids is 2. The Balaban J connectivity index is 1.76. The SMILES string of the molecule is CCc1nc2ccccc2c(C)c1C(=O)OCC(=O)Nc1ccc(F)c(F)c1F. The van der Waals surface area contributed by atoms with Crippen LogP contribution in [0.1, 0.15) is 28.5 Å². The Morgan fingerprint density at radius 3 is 2.52 bits per heavy atom. The highest BCUT2D eigenvalue weighted by molar-refractivity contribution is 6.00. The number of aryl methyl sites for hydroxylation is 2. The van der Waals surface area contributed by atoms with Gasteiger partial charge in [0.2, 0.25) is 0 Å². The summed E-state index contributed by atoms with van der Waals surface area (Å²) in [5, 5.41) is 2.83. The maximum absolute atomic E-state index is 13.6. The van der Waals surface area contributed by atoms with Crippen molar-refractivity contribution in [2.45, 2.75) is 20.3 Å². The topological polar surface area (TPSA) is 68.3 Å². The molecule has 3 aromatic rings. The maximum Gasteiger partial charge on any atom is 0.340 e. The van der Waals surface area contributed by atoms with Crippen LogP contribution in [0, 0.1) is 24.4 Å². The van der Waals surface area contributed by atoms with Gasteiger partial charge in [-0.15, -0.1) is 0 Å². The van der Waals surface area contributed by atoms with Crippen molar-refractivity contribution in [3.8, 4) is 0 Å². The van der Waals surface area contributed by atoms with Gasteiger partial charge in [-0.25, -0.2) is 18.0 Å². The zero-order valence-electron chi connectivity index (χ0n) is 15.7. The van der Waals surface area contributed by atoms with Crippen molar-refractivity contribution in [1.82, 2.24) is 4.98 Å². The maximum atomic E-state index is 13.6. The lowest BCUT2D eigenvalue weighted by Crippen LogP contribution is -2.23. The molecule has 1 aromatic heterocycles. The van der Waals surface area contributed by atoms with Crippen molar-refractivity contribution in [3.05, 3.63) is 70.7 Å². The van der Waals surface area contributed by atoms with Crippen molar-refractivity contribution >= 4 is 28.5 Å². The molecule has 0 aliphatic heterocycles. The van der Waals surface area contributed by atoms with Crippen LogP contribution in [0.15, 0.2) is 36.4 Å². The Hall–Kier alpha value is -3.42. The molecule has 0 aliphatic rings. The van der Waals surface area contributed by atoms with Crippen molar-refractivity contribution in [3.63, 3.8) is 0 Å². The number of esters is 1. The number of para-hydroxylation sites is 1. The molecule has 0 saturated carbocycles. The molecule has 3 rings (SSSR count). The molecule has 0 aliphatic carbocycles. The van der Waals surface area contributed by atoms with Crippen LogP contribution in [0.2, 0.25) is 0 Å². The minimum Gasteiger partial charge on any atom is -0.452 e. The number of hydrogen-bond acceptors (Lipinski definition) is 4. The average molecular weight is 402 g/mol. The highest BCUT2D eigenvalue weighted by Gasteiger charge is 2.21. The molecule has 2 aromatic carbocycles. The van der Waals surface area contributed by atoms with Crippen LogP contribution in [0.5, 0.6) is 0 Å². The van der Waals surface area contributed by atoms with Gasteiger partial charge < -0.3 is 10.1 Å². The first kappa shape index (κ1) is 20.3. The number of amides is 1. The zero-order valence-corrected chi connectivity index (χ0v) is 15.7. The van der Waals surface area contributed by atoms with E-state index in [1.165, 1.54) is 0 Å². The van der Waals surface area contributed by atoms with E-state index in [-0.39, 0.29) is 5.56 Å². The summed E-state index contributed by atoms with van der Waals surface area (Å²) in [7, 11) is 0. The summed E-state index contributed by atoms with van der Waals surface area (Å²) in [6.45, 7) is 2.87. The summed E-state index contributed by atoms with van der Waals surface area (Å²) in [6, 6.07) is 8.88. The van der Waals surface area contributed by atoms with Crippen molar-refractivity contribution < 1.29 is 27.5 Å². The van der Waals surface area contributed by atoms with Crippen LogP contribution in [0.4, 0.5) is 18.9 Å². The second-order valence-electron chi connectivity index (χ2n) is 6.28. The minimum atomic E-state index is -1.70. The van der Waals surface area contributed by atoms with Crippen LogP contribution in [0.25, 0.3) is 10.9 Å². The standard InChI is InChI=1S/C21H17F3N2O3/c1-3-14-18(11(2)12-6-4-5-7-15(12)25-14)21(28)29-10-17(27)26-16-9-8-13(22)19(23)20(16)24/h4-9H,3,10H2,1-2H3,(H,26,27). The van der Waals surface area contributed by atoms with Crippen molar-refractivity contribution in [2.24, 2.45) is 0 Å². The van der Waals surface area contributed by atoms with Crippen LogP contribution in [-0.2, 0) is 16.0 Å². The Morgan fingerprint density at radius 1 is 1.07 bits per heavy atom. The number of anilines is 1. The fraction of sp³-hybridized carbons (Fsp3) is 0.190. The van der Waals surface area contributed by atoms with Crippen LogP contribution < -0.4 is 5.32 Å². The molecule has 0 saturated heterocycles. The van der Waals surface area contributed by atoms with Gasteiger partial charge in [0.05, 0.1) is 22.5 Å². The molecule has 29 heavy (non-hydrogen) atoms. The third-order valence-electron chi connectivity index (χ3n) is 4.41. The summed E-state index contributed by atoms with van der Waals surface area (Å²) in [5.41, 5.74) is 1.65. The number of pyridine rings is 1. The van der Waals surface area contributed by atoms with Gasteiger partial charge in [0, 0.05) is 5.39 Å². The second kappa shape index (κ2) is 8.30. The van der Waals surface area contributed by atoms with Crippen molar-refractivity contribution in [1.29, 1.82) is 0 Å². The van der Waals surface area contributed by atoms with Gasteiger partial charge in [-0.1, -0.05) is 25.1 Å². The number of rotatable bonds is 5. The number of ether oxygens (including phenoxy) is 1. The number of nitrogens with zero attached hydrogens (tertiary/aromatic N) is 1. The summed E-state index contributed by atoms with van der Waals surface area (Å²) < 4.78 is 44.9. The molecule has 1 N–H and O–H groups in total. The number of nitrogens with one attached hydrogen (secondary N) is 1. The Kier molecular flexibility index (Phi) is 5.81. The molecule has 0 unspecified atom stereocenters. The van der Waals surface area contributed by atoms with Gasteiger partial charge in [-0.3, -0.25) is 9.78 Å². The van der Waals surface area contributed by atoms with Crippen LogP contribution in [0.3, 0.4) is 0 Å². The lowest BCUT2D eigenvalue weighted by atomic mass is 10.0. The number of fused-ring (bicyclic) bond motifs is 1. The van der Waals surface area contributed by atoms with Crippen LogP contribution >= 0.6 is 0 Å². The van der Waals surface area contributed by atoms with E-state index in [2.05, 4.69) is 4.98 Å². The lowest BCUT2D eigenvalue weighted by Gasteiger charge is -2.13. The van der Waals surface area contributed by atoms with E-state index in [4.69, 9.17) is 4.74 Å². The first-order valence-corrected chi connectivity index (χ1v) is 8.82. The zero-order chi connectivity index (χ0) is 21.1. The Morgan fingerprint density at radius 2 is 1.79 bits per heavy atom. The fourth-order valence-electron chi connectivity index (χ4n) is 2.98. The summed E-state index contributed by atoms with van der Waals surface area (Å²) in [4.78, 5) is 29.0. The molecule has 150 valence electrons. The highest BCUT2D eigenvalue weighted by atomic mass is 19.2. The Bertz CT molecular complexity index is 1120. The van der Waals surface area contributed by atoms with Gasteiger partial charge in [0.25, 0.3) is 5.91 Å². The van der Waals surface area contributed by atoms with E-state index in [1.807, 2.05) is 36.5 Å². The van der Waals surface area contributed by atoms with E-state index in [0.717, 1.165) is 17.0 Å². The third kappa shape index (κ3) is 4.06. The predicted molar refractivity (Wildman–Crippen MR) is 101 cm³/mol. The first-order chi connectivity index (χ1) is 13.8. The van der Waals surface area contributed by atoms with Gasteiger partial charge in [-0.2, -0.15) is 0 Å². The smallest absolute Gasteiger partial charge is 0.340 e. The lowest BCUT2D eigenvalue weighted by molar-refractivity contribution is -0.119. The molecule has 0 fully saturated rings. The second-order valence-corrected chi connectivity index (χ2v) is 6.28. The van der Waals surface area contributed by atoms with E-state index in [1.54, 1.807) is 6.92 Å². The number of aromatic nitrogens is 1. The molecule has 8 heteroatoms. The van der Waals surface area contributed by atoms with E-state index >= 15 is 0 Å². The van der Waals surface area contributed by atoms with E-state index in [0.29, 0.717) is 23.7 Å². The van der Waals surface area contributed by atoms with Gasteiger partial charge >= 0.3 is 5.97 Å². The summed E-state index contributed by atoms with van der Waals surface area (Å²) in [6.07, 6.45) is 0.475. The largest absolute Gasteiger partial charge is 0.452 e. The Labute approximate surface area is 164 Å².